The van der Waals surface area contributed by atoms with E-state index < -0.39 is 5.91 Å². The first kappa shape index (κ1) is 18.2. The van der Waals surface area contributed by atoms with Gasteiger partial charge < -0.3 is 15.0 Å². The van der Waals surface area contributed by atoms with Gasteiger partial charge in [-0.25, -0.2) is 0 Å². The van der Waals surface area contributed by atoms with Crippen molar-refractivity contribution in [1.29, 1.82) is 5.26 Å². The average Bonchev–Trinajstić information content (AvgIpc) is 2.99. The SMILES string of the molecule is Cc1c(C(N)=O)cc(-c2cccc(C#N)c2)n1CCCN1CCOCC1. The highest BCUT2D eigenvalue weighted by molar-refractivity contribution is 5.95. The summed E-state index contributed by atoms with van der Waals surface area (Å²) in [6, 6.07) is 11.4. The Balaban J connectivity index is 1.84. The highest BCUT2D eigenvalue weighted by Gasteiger charge is 2.17. The lowest BCUT2D eigenvalue weighted by Crippen LogP contribution is -2.37. The van der Waals surface area contributed by atoms with E-state index >= 15 is 0 Å². The van der Waals surface area contributed by atoms with Crippen LogP contribution in [0.5, 0.6) is 0 Å². The van der Waals surface area contributed by atoms with Crippen LogP contribution in [0.4, 0.5) is 0 Å². The molecule has 1 aliphatic heterocycles. The number of amides is 1. The quantitative estimate of drug-likeness (QED) is 0.863. The van der Waals surface area contributed by atoms with Crippen LogP contribution < -0.4 is 5.73 Å². The van der Waals surface area contributed by atoms with Gasteiger partial charge in [-0.3, -0.25) is 9.69 Å². The maximum atomic E-state index is 11.8. The monoisotopic (exact) mass is 352 g/mol. The number of carbonyl (C=O) groups is 1. The zero-order chi connectivity index (χ0) is 18.5. The molecule has 1 aromatic heterocycles. The molecule has 0 radical (unpaired) electrons. The van der Waals surface area contributed by atoms with Crippen molar-refractivity contribution in [2.24, 2.45) is 5.73 Å². The zero-order valence-corrected chi connectivity index (χ0v) is 15.1. The van der Waals surface area contributed by atoms with Crippen LogP contribution in [0.15, 0.2) is 30.3 Å². The Hall–Kier alpha value is -2.62. The van der Waals surface area contributed by atoms with Crippen molar-refractivity contribution >= 4 is 5.91 Å². The molecule has 1 saturated heterocycles. The molecule has 3 rings (SSSR count). The molecule has 0 aliphatic carbocycles. The molecule has 26 heavy (non-hydrogen) atoms. The van der Waals surface area contributed by atoms with Gasteiger partial charge >= 0.3 is 0 Å². The molecule has 0 atom stereocenters. The van der Waals surface area contributed by atoms with Gasteiger partial charge in [0.15, 0.2) is 0 Å². The number of benzene rings is 1. The minimum Gasteiger partial charge on any atom is -0.379 e. The summed E-state index contributed by atoms with van der Waals surface area (Å²) in [5.74, 6) is -0.424. The summed E-state index contributed by atoms with van der Waals surface area (Å²) in [6.45, 7) is 7.23. The maximum Gasteiger partial charge on any atom is 0.250 e. The van der Waals surface area contributed by atoms with Crippen LogP contribution in [0.25, 0.3) is 11.3 Å². The second-order valence-electron chi connectivity index (χ2n) is 6.54. The topological polar surface area (TPSA) is 84.3 Å². The molecule has 6 nitrogen and oxygen atoms in total. The third kappa shape index (κ3) is 3.96. The standard InChI is InChI=1S/C20H24N4O2/c1-15-18(20(22)25)13-19(17-5-2-4-16(12-17)14-21)24(15)7-3-6-23-8-10-26-11-9-23/h2,4-5,12-13H,3,6-11H2,1H3,(H2,22,25). The molecular formula is C20H24N4O2. The van der Waals surface area contributed by atoms with E-state index in [2.05, 4.69) is 15.5 Å². The fraction of sp³-hybridized carbons (Fsp3) is 0.400. The fourth-order valence-corrected chi connectivity index (χ4v) is 3.45. The first-order valence-electron chi connectivity index (χ1n) is 8.90. The third-order valence-corrected chi connectivity index (χ3v) is 4.88. The summed E-state index contributed by atoms with van der Waals surface area (Å²) in [4.78, 5) is 14.2. The molecule has 0 unspecified atom stereocenters. The molecule has 0 saturated carbocycles. The highest BCUT2D eigenvalue weighted by Crippen LogP contribution is 2.27. The van der Waals surface area contributed by atoms with E-state index in [9.17, 15) is 4.79 Å². The van der Waals surface area contributed by atoms with E-state index in [1.807, 2.05) is 31.2 Å². The Bertz CT molecular complexity index is 829. The molecule has 1 aliphatic rings. The summed E-state index contributed by atoms with van der Waals surface area (Å²) in [5, 5.41) is 9.17. The van der Waals surface area contributed by atoms with E-state index in [-0.39, 0.29) is 0 Å². The van der Waals surface area contributed by atoms with E-state index in [4.69, 9.17) is 15.7 Å². The molecule has 0 spiro atoms. The van der Waals surface area contributed by atoms with E-state index in [1.165, 1.54) is 0 Å². The van der Waals surface area contributed by atoms with E-state index in [0.29, 0.717) is 11.1 Å². The number of aromatic nitrogens is 1. The lowest BCUT2D eigenvalue weighted by atomic mass is 10.1. The predicted octanol–water partition coefficient (Wildman–Crippen LogP) is 2.16. The fourth-order valence-electron chi connectivity index (χ4n) is 3.45. The van der Waals surface area contributed by atoms with Crippen LogP contribution >= 0.6 is 0 Å². The molecule has 6 heteroatoms. The minimum atomic E-state index is -0.424. The second kappa shape index (κ2) is 8.17. The minimum absolute atomic E-state index is 0.424. The number of ether oxygens (including phenoxy) is 1. The van der Waals surface area contributed by atoms with Gasteiger partial charge in [0.25, 0.3) is 5.91 Å². The number of morpholine rings is 1. The summed E-state index contributed by atoms with van der Waals surface area (Å²) in [6.07, 6.45) is 0.971. The number of nitrogens with two attached hydrogens (primary N) is 1. The van der Waals surface area contributed by atoms with Crippen LogP contribution in [-0.4, -0.2) is 48.2 Å². The van der Waals surface area contributed by atoms with Crippen molar-refractivity contribution in [3.8, 4) is 17.3 Å². The number of hydrogen-bond acceptors (Lipinski definition) is 4. The van der Waals surface area contributed by atoms with Gasteiger partial charge in [-0.15, -0.1) is 0 Å². The van der Waals surface area contributed by atoms with Gasteiger partial charge in [-0.2, -0.15) is 5.26 Å². The predicted molar refractivity (Wildman–Crippen MR) is 99.7 cm³/mol. The molecule has 2 heterocycles. The van der Waals surface area contributed by atoms with Gasteiger partial charge in [0.05, 0.1) is 30.4 Å². The Morgan fingerprint density at radius 3 is 2.73 bits per heavy atom. The van der Waals surface area contributed by atoms with Crippen LogP contribution in [0.2, 0.25) is 0 Å². The van der Waals surface area contributed by atoms with Crippen molar-refractivity contribution in [2.75, 3.05) is 32.8 Å². The normalized spacial score (nSPS) is 14.9. The van der Waals surface area contributed by atoms with Gasteiger partial charge in [0.1, 0.15) is 0 Å². The van der Waals surface area contributed by atoms with Crippen molar-refractivity contribution in [2.45, 2.75) is 19.9 Å². The van der Waals surface area contributed by atoms with Crippen molar-refractivity contribution in [1.82, 2.24) is 9.47 Å². The molecule has 0 bridgehead atoms. The van der Waals surface area contributed by atoms with Crippen molar-refractivity contribution in [3.05, 3.63) is 47.2 Å². The molecule has 136 valence electrons. The second-order valence-corrected chi connectivity index (χ2v) is 6.54. The number of primary amides is 1. The number of nitriles is 1. The van der Waals surface area contributed by atoms with Crippen molar-refractivity contribution in [3.63, 3.8) is 0 Å². The summed E-state index contributed by atoms with van der Waals surface area (Å²) >= 11 is 0. The smallest absolute Gasteiger partial charge is 0.250 e. The molecular weight excluding hydrogens is 328 g/mol. The lowest BCUT2D eigenvalue weighted by molar-refractivity contribution is 0.0369. The number of rotatable bonds is 6. The first-order valence-corrected chi connectivity index (χ1v) is 8.90. The van der Waals surface area contributed by atoms with E-state index in [0.717, 1.165) is 62.8 Å². The molecule has 1 fully saturated rings. The highest BCUT2D eigenvalue weighted by atomic mass is 16.5. The van der Waals surface area contributed by atoms with Gasteiger partial charge in [-0.1, -0.05) is 12.1 Å². The Kier molecular flexibility index (Phi) is 5.71. The Morgan fingerprint density at radius 1 is 1.27 bits per heavy atom. The first-order chi connectivity index (χ1) is 12.6. The number of carbonyl (C=O) groups excluding carboxylic acids is 1. The molecule has 2 N–H and O–H groups in total. The van der Waals surface area contributed by atoms with Crippen LogP contribution in [0, 0.1) is 18.3 Å². The van der Waals surface area contributed by atoms with Gasteiger partial charge in [0, 0.05) is 37.6 Å². The number of hydrogen-bond donors (Lipinski definition) is 1. The van der Waals surface area contributed by atoms with Gasteiger partial charge in [0.2, 0.25) is 0 Å². The Morgan fingerprint density at radius 2 is 2.04 bits per heavy atom. The molecule has 2 aromatic rings. The van der Waals surface area contributed by atoms with E-state index in [1.54, 1.807) is 6.07 Å². The number of nitrogens with zero attached hydrogens (tertiary/aromatic N) is 3. The van der Waals surface area contributed by atoms with Crippen LogP contribution in [-0.2, 0) is 11.3 Å². The maximum absolute atomic E-state index is 11.8. The summed E-state index contributed by atoms with van der Waals surface area (Å²) < 4.78 is 7.52. The lowest BCUT2D eigenvalue weighted by Gasteiger charge is -2.26. The molecule has 1 aromatic carbocycles. The summed E-state index contributed by atoms with van der Waals surface area (Å²) in [7, 11) is 0. The summed E-state index contributed by atoms with van der Waals surface area (Å²) in [5.41, 5.74) is 9.41. The average molecular weight is 352 g/mol. The van der Waals surface area contributed by atoms with Crippen LogP contribution in [0.1, 0.15) is 28.0 Å². The Labute approximate surface area is 153 Å². The largest absolute Gasteiger partial charge is 0.379 e. The zero-order valence-electron chi connectivity index (χ0n) is 15.1. The third-order valence-electron chi connectivity index (χ3n) is 4.88. The van der Waals surface area contributed by atoms with Crippen molar-refractivity contribution < 1.29 is 9.53 Å². The van der Waals surface area contributed by atoms with Crippen LogP contribution in [0.3, 0.4) is 0 Å². The molecule has 1 amide bonds. The van der Waals surface area contributed by atoms with Gasteiger partial charge in [-0.05, 0) is 37.1 Å².